The molecule has 1 atom stereocenters. The highest BCUT2D eigenvalue weighted by atomic mass is 16.3. The summed E-state index contributed by atoms with van der Waals surface area (Å²) >= 11 is 0. The first-order valence-corrected chi connectivity index (χ1v) is 5.58. The number of aliphatic hydroxyl groups is 1. The Hall–Kier alpha value is -0.870. The van der Waals surface area contributed by atoms with Gasteiger partial charge in [-0.1, -0.05) is 0 Å². The molecule has 0 bridgehead atoms. The predicted octanol–water partition coefficient (Wildman–Crippen LogP) is 0.586. The van der Waals surface area contributed by atoms with Crippen molar-refractivity contribution in [2.24, 2.45) is 5.92 Å². The van der Waals surface area contributed by atoms with E-state index in [0.717, 1.165) is 19.6 Å². The summed E-state index contributed by atoms with van der Waals surface area (Å²) in [6.45, 7) is 2.69. The number of aromatic nitrogens is 2. The number of rotatable bonds is 6. The molecule has 4 heteroatoms. The normalized spacial score (nSPS) is 18.3. The number of likely N-dealkylation sites (N-methyl/N-ethyl adjacent to an activating group) is 1. The second kappa shape index (κ2) is 4.77. The fraction of sp³-hybridized carbons (Fsp3) is 0.727. The van der Waals surface area contributed by atoms with E-state index in [1.165, 1.54) is 12.8 Å². The van der Waals surface area contributed by atoms with Crippen LogP contribution in [-0.4, -0.2) is 45.8 Å². The van der Waals surface area contributed by atoms with Gasteiger partial charge in [0.1, 0.15) is 0 Å². The molecular weight excluding hydrogens is 190 g/mol. The lowest BCUT2D eigenvalue weighted by atomic mass is 10.2. The second-order valence-electron chi connectivity index (χ2n) is 4.47. The molecule has 4 nitrogen and oxygen atoms in total. The van der Waals surface area contributed by atoms with Gasteiger partial charge in [-0.15, -0.1) is 0 Å². The van der Waals surface area contributed by atoms with Gasteiger partial charge in [0.05, 0.1) is 12.4 Å². The molecule has 0 amide bonds. The van der Waals surface area contributed by atoms with Gasteiger partial charge in [-0.25, -0.2) is 4.98 Å². The maximum atomic E-state index is 9.76. The van der Waals surface area contributed by atoms with Gasteiger partial charge in [0, 0.05) is 32.0 Å². The average Bonchev–Trinajstić information content (AvgIpc) is 2.93. The van der Waals surface area contributed by atoms with Crippen molar-refractivity contribution < 1.29 is 5.11 Å². The molecule has 0 aliphatic heterocycles. The number of hydrogen-bond acceptors (Lipinski definition) is 3. The molecular formula is C11H19N3O. The molecule has 15 heavy (non-hydrogen) atoms. The third-order valence-electron chi connectivity index (χ3n) is 2.96. The van der Waals surface area contributed by atoms with E-state index in [9.17, 15) is 5.11 Å². The van der Waals surface area contributed by atoms with Crippen LogP contribution < -0.4 is 0 Å². The number of aliphatic hydroxyl groups excluding tert-OH is 1. The zero-order valence-corrected chi connectivity index (χ0v) is 9.21. The van der Waals surface area contributed by atoms with Gasteiger partial charge in [-0.05, 0) is 25.8 Å². The van der Waals surface area contributed by atoms with Crippen LogP contribution in [0.1, 0.15) is 12.8 Å². The monoisotopic (exact) mass is 209 g/mol. The predicted molar refractivity (Wildman–Crippen MR) is 58.5 cm³/mol. The highest BCUT2D eigenvalue weighted by Gasteiger charge is 2.30. The first-order chi connectivity index (χ1) is 7.25. The van der Waals surface area contributed by atoms with E-state index in [-0.39, 0.29) is 6.10 Å². The Morgan fingerprint density at radius 1 is 1.60 bits per heavy atom. The molecule has 0 saturated heterocycles. The molecule has 1 fully saturated rings. The van der Waals surface area contributed by atoms with Crippen molar-refractivity contribution in [1.29, 1.82) is 0 Å². The van der Waals surface area contributed by atoms with Gasteiger partial charge in [-0.3, -0.25) is 0 Å². The summed E-state index contributed by atoms with van der Waals surface area (Å²) in [6, 6.07) is 0. The standard InChI is InChI=1S/C11H19N3O/c1-13(8-11(15)10-2-3-10)6-7-14-5-4-12-9-14/h4-5,9-11,15H,2-3,6-8H2,1H3. The van der Waals surface area contributed by atoms with Gasteiger partial charge in [0.15, 0.2) is 0 Å². The minimum Gasteiger partial charge on any atom is -0.392 e. The van der Waals surface area contributed by atoms with Crippen molar-refractivity contribution >= 4 is 0 Å². The van der Waals surface area contributed by atoms with E-state index >= 15 is 0 Å². The van der Waals surface area contributed by atoms with Gasteiger partial charge in [0.2, 0.25) is 0 Å². The van der Waals surface area contributed by atoms with Crippen LogP contribution in [0.4, 0.5) is 0 Å². The van der Waals surface area contributed by atoms with Crippen molar-refractivity contribution in [3.63, 3.8) is 0 Å². The Balaban J connectivity index is 1.65. The third-order valence-corrected chi connectivity index (χ3v) is 2.96. The first kappa shape index (κ1) is 10.6. The Kier molecular flexibility index (Phi) is 3.38. The quantitative estimate of drug-likeness (QED) is 0.745. The van der Waals surface area contributed by atoms with E-state index in [1.54, 1.807) is 6.20 Å². The smallest absolute Gasteiger partial charge is 0.0946 e. The maximum absolute atomic E-state index is 9.76. The molecule has 1 N–H and O–H groups in total. The molecule has 1 aromatic heterocycles. The summed E-state index contributed by atoms with van der Waals surface area (Å²) in [4.78, 5) is 6.18. The van der Waals surface area contributed by atoms with Gasteiger partial charge < -0.3 is 14.6 Å². The maximum Gasteiger partial charge on any atom is 0.0946 e. The van der Waals surface area contributed by atoms with Gasteiger partial charge >= 0.3 is 0 Å². The first-order valence-electron chi connectivity index (χ1n) is 5.58. The Bertz CT molecular complexity index is 282. The van der Waals surface area contributed by atoms with E-state index in [0.29, 0.717) is 5.92 Å². The molecule has 1 aliphatic rings. The lowest BCUT2D eigenvalue weighted by Gasteiger charge is -2.20. The molecule has 0 aromatic carbocycles. The Morgan fingerprint density at radius 2 is 2.40 bits per heavy atom. The van der Waals surface area contributed by atoms with Crippen LogP contribution >= 0.6 is 0 Å². The molecule has 0 radical (unpaired) electrons. The SMILES string of the molecule is CN(CCn1ccnc1)CC(O)C1CC1. The molecule has 1 unspecified atom stereocenters. The lowest BCUT2D eigenvalue weighted by Crippen LogP contribution is -2.32. The average molecular weight is 209 g/mol. The van der Waals surface area contributed by atoms with Crippen LogP contribution in [0.5, 0.6) is 0 Å². The van der Waals surface area contributed by atoms with Gasteiger partial charge in [-0.2, -0.15) is 0 Å². The Morgan fingerprint density at radius 3 is 3.00 bits per heavy atom. The fourth-order valence-electron chi connectivity index (χ4n) is 1.75. The third kappa shape index (κ3) is 3.32. The second-order valence-corrected chi connectivity index (χ2v) is 4.47. The summed E-state index contributed by atoms with van der Waals surface area (Å²) in [5, 5.41) is 9.76. The zero-order chi connectivity index (χ0) is 10.7. The summed E-state index contributed by atoms with van der Waals surface area (Å²) in [5.41, 5.74) is 0. The largest absolute Gasteiger partial charge is 0.392 e. The highest BCUT2D eigenvalue weighted by molar-refractivity contribution is 4.82. The molecule has 1 aliphatic carbocycles. The van der Waals surface area contributed by atoms with Crippen LogP contribution in [0.2, 0.25) is 0 Å². The fourth-order valence-corrected chi connectivity index (χ4v) is 1.75. The molecule has 1 heterocycles. The summed E-state index contributed by atoms with van der Waals surface area (Å²) in [7, 11) is 2.06. The van der Waals surface area contributed by atoms with Crippen LogP contribution in [0, 0.1) is 5.92 Å². The van der Waals surface area contributed by atoms with E-state index < -0.39 is 0 Å². The van der Waals surface area contributed by atoms with Crippen molar-refractivity contribution in [3.8, 4) is 0 Å². The summed E-state index contributed by atoms with van der Waals surface area (Å²) in [6.07, 6.45) is 7.86. The van der Waals surface area contributed by atoms with Crippen molar-refractivity contribution in [3.05, 3.63) is 18.7 Å². The van der Waals surface area contributed by atoms with Gasteiger partial charge in [0.25, 0.3) is 0 Å². The lowest BCUT2D eigenvalue weighted by molar-refractivity contribution is 0.105. The molecule has 0 spiro atoms. The number of hydrogen-bond donors (Lipinski definition) is 1. The summed E-state index contributed by atoms with van der Waals surface area (Å²) < 4.78 is 2.06. The van der Waals surface area contributed by atoms with Crippen LogP contribution in [0.25, 0.3) is 0 Å². The minimum atomic E-state index is -0.127. The molecule has 1 saturated carbocycles. The highest BCUT2D eigenvalue weighted by Crippen LogP contribution is 2.32. The van der Waals surface area contributed by atoms with E-state index in [2.05, 4.69) is 21.5 Å². The number of imidazole rings is 1. The van der Waals surface area contributed by atoms with E-state index in [1.807, 2.05) is 12.5 Å². The van der Waals surface area contributed by atoms with E-state index in [4.69, 9.17) is 0 Å². The van der Waals surface area contributed by atoms with Crippen LogP contribution in [0.15, 0.2) is 18.7 Å². The minimum absolute atomic E-state index is 0.127. The zero-order valence-electron chi connectivity index (χ0n) is 9.21. The summed E-state index contributed by atoms with van der Waals surface area (Å²) in [5.74, 6) is 0.570. The molecule has 2 rings (SSSR count). The Labute approximate surface area is 90.5 Å². The van der Waals surface area contributed by atoms with Crippen LogP contribution in [-0.2, 0) is 6.54 Å². The number of nitrogens with zero attached hydrogens (tertiary/aromatic N) is 3. The molecule has 84 valence electrons. The van der Waals surface area contributed by atoms with Crippen molar-refractivity contribution in [2.75, 3.05) is 20.1 Å². The van der Waals surface area contributed by atoms with Crippen molar-refractivity contribution in [2.45, 2.75) is 25.5 Å². The van der Waals surface area contributed by atoms with Crippen molar-refractivity contribution in [1.82, 2.24) is 14.5 Å². The van der Waals surface area contributed by atoms with Crippen LogP contribution in [0.3, 0.4) is 0 Å². The molecule has 1 aromatic rings. The topological polar surface area (TPSA) is 41.3 Å².